The Hall–Kier alpha value is -2.96. The third kappa shape index (κ3) is 2.81. The zero-order chi connectivity index (χ0) is 14.7. The van der Waals surface area contributed by atoms with Gasteiger partial charge in [0.15, 0.2) is 0 Å². The fourth-order valence-corrected chi connectivity index (χ4v) is 1.98. The van der Waals surface area contributed by atoms with Gasteiger partial charge in [-0.1, -0.05) is 11.2 Å². The SMILES string of the molecule is Cn1cc(-c2ncccc2CNC(=O)c2ccno2)cn1. The molecule has 106 valence electrons. The van der Waals surface area contributed by atoms with E-state index in [1.54, 1.807) is 17.1 Å². The number of carbonyl (C=O) groups is 1. The van der Waals surface area contributed by atoms with Gasteiger partial charge in [0, 0.05) is 37.6 Å². The second-order valence-corrected chi connectivity index (χ2v) is 4.47. The Morgan fingerprint density at radius 3 is 3.00 bits per heavy atom. The Labute approximate surface area is 120 Å². The lowest BCUT2D eigenvalue weighted by Gasteiger charge is -2.07. The van der Waals surface area contributed by atoms with E-state index in [1.165, 1.54) is 12.3 Å². The molecule has 0 spiro atoms. The minimum Gasteiger partial charge on any atom is -0.351 e. The topological polar surface area (TPSA) is 85.8 Å². The molecular weight excluding hydrogens is 270 g/mol. The van der Waals surface area contributed by atoms with Crippen LogP contribution in [0, 0.1) is 0 Å². The quantitative estimate of drug-likeness (QED) is 0.782. The van der Waals surface area contributed by atoms with Gasteiger partial charge in [0.25, 0.3) is 5.91 Å². The van der Waals surface area contributed by atoms with E-state index in [-0.39, 0.29) is 11.7 Å². The highest BCUT2D eigenvalue weighted by Gasteiger charge is 2.12. The zero-order valence-electron chi connectivity index (χ0n) is 11.4. The van der Waals surface area contributed by atoms with Crippen LogP contribution in [-0.2, 0) is 13.6 Å². The van der Waals surface area contributed by atoms with Crippen molar-refractivity contribution in [3.8, 4) is 11.3 Å². The number of pyridine rings is 1. The van der Waals surface area contributed by atoms with Crippen molar-refractivity contribution in [3.63, 3.8) is 0 Å². The maximum absolute atomic E-state index is 11.8. The van der Waals surface area contributed by atoms with E-state index in [4.69, 9.17) is 4.52 Å². The number of aromatic nitrogens is 4. The first-order valence-electron chi connectivity index (χ1n) is 6.36. The summed E-state index contributed by atoms with van der Waals surface area (Å²) in [7, 11) is 1.85. The molecule has 3 aromatic heterocycles. The van der Waals surface area contributed by atoms with Crippen molar-refractivity contribution >= 4 is 5.91 Å². The smallest absolute Gasteiger partial charge is 0.290 e. The summed E-state index contributed by atoms with van der Waals surface area (Å²) < 4.78 is 6.52. The standard InChI is InChI=1S/C14H13N5O2/c1-19-9-11(8-17-19)13-10(3-2-5-15-13)7-16-14(20)12-4-6-18-21-12/h2-6,8-9H,7H2,1H3,(H,16,20). The number of hydrogen-bond acceptors (Lipinski definition) is 5. The fraction of sp³-hybridized carbons (Fsp3) is 0.143. The van der Waals surface area contributed by atoms with Gasteiger partial charge in [0.2, 0.25) is 5.76 Å². The molecule has 1 amide bonds. The lowest BCUT2D eigenvalue weighted by atomic mass is 10.1. The minimum absolute atomic E-state index is 0.182. The normalized spacial score (nSPS) is 10.5. The summed E-state index contributed by atoms with van der Waals surface area (Å²) in [6, 6.07) is 5.26. The van der Waals surface area contributed by atoms with Gasteiger partial charge in [-0.2, -0.15) is 5.10 Å². The van der Waals surface area contributed by atoms with Crippen molar-refractivity contribution in [1.82, 2.24) is 25.2 Å². The summed E-state index contributed by atoms with van der Waals surface area (Å²) >= 11 is 0. The monoisotopic (exact) mass is 283 g/mol. The van der Waals surface area contributed by atoms with Crippen molar-refractivity contribution in [2.75, 3.05) is 0 Å². The van der Waals surface area contributed by atoms with Crippen molar-refractivity contribution < 1.29 is 9.32 Å². The Morgan fingerprint density at radius 2 is 2.29 bits per heavy atom. The van der Waals surface area contributed by atoms with E-state index in [0.29, 0.717) is 6.54 Å². The first kappa shape index (κ1) is 13.0. The van der Waals surface area contributed by atoms with Crippen molar-refractivity contribution in [3.05, 3.63) is 54.3 Å². The first-order valence-corrected chi connectivity index (χ1v) is 6.36. The number of amides is 1. The summed E-state index contributed by atoms with van der Waals surface area (Å²) in [5.74, 6) is -0.129. The molecule has 0 bridgehead atoms. The fourth-order valence-electron chi connectivity index (χ4n) is 1.98. The summed E-state index contributed by atoms with van der Waals surface area (Å²) in [4.78, 5) is 16.2. The molecule has 3 aromatic rings. The zero-order valence-corrected chi connectivity index (χ0v) is 11.4. The summed E-state index contributed by atoms with van der Waals surface area (Å²) in [5.41, 5.74) is 2.60. The van der Waals surface area contributed by atoms with Gasteiger partial charge in [0.1, 0.15) is 0 Å². The van der Waals surface area contributed by atoms with Crippen LogP contribution in [0.4, 0.5) is 0 Å². The molecule has 1 N–H and O–H groups in total. The number of hydrogen-bond donors (Lipinski definition) is 1. The maximum Gasteiger partial charge on any atom is 0.290 e. The Kier molecular flexibility index (Phi) is 3.46. The van der Waals surface area contributed by atoms with E-state index < -0.39 is 0 Å². The molecule has 0 aliphatic rings. The predicted molar refractivity (Wildman–Crippen MR) is 74.1 cm³/mol. The lowest BCUT2D eigenvalue weighted by molar-refractivity contribution is 0.0914. The van der Waals surface area contributed by atoms with Crippen LogP contribution in [0.3, 0.4) is 0 Å². The molecule has 0 unspecified atom stereocenters. The van der Waals surface area contributed by atoms with Crippen LogP contribution < -0.4 is 5.32 Å². The van der Waals surface area contributed by atoms with E-state index in [2.05, 4.69) is 20.6 Å². The van der Waals surface area contributed by atoms with E-state index in [0.717, 1.165) is 16.8 Å². The molecule has 0 aliphatic heterocycles. The third-order valence-corrected chi connectivity index (χ3v) is 2.97. The molecule has 3 rings (SSSR count). The molecule has 0 fully saturated rings. The van der Waals surface area contributed by atoms with Gasteiger partial charge in [0.05, 0.1) is 18.1 Å². The van der Waals surface area contributed by atoms with Crippen LogP contribution in [0.5, 0.6) is 0 Å². The largest absolute Gasteiger partial charge is 0.351 e. The van der Waals surface area contributed by atoms with Gasteiger partial charge in [-0.15, -0.1) is 0 Å². The molecule has 0 saturated carbocycles. The van der Waals surface area contributed by atoms with Crippen molar-refractivity contribution in [2.24, 2.45) is 7.05 Å². The molecule has 21 heavy (non-hydrogen) atoms. The molecular formula is C14H13N5O2. The van der Waals surface area contributed by atoms with Crippen molar-refractivity contribution in [2.45, 2.75) is 6.54 Å². The highest BCUT2D eigenvalue weighted by Crippen LogP contribution is 2.20. The first-order chi connectivity index (χ1) is 10.2. The van der Waals surface area contributed by atoms with Crippen LogP contribution in [-0.4, -0.2) is 25.8 Å². The highest BCUT2D eigenvalue weighted by molar-refractivity contribution is 5.91. The van der Waals surface area contributed by atoms with Gasteiger partial charge >= 0.3 is 0 Å². The Balaban J connectivity index is 1.78. The Bertz CT molecular complexity index is 748. The summed E-state index contributed by atoms with van der Waals surface area (Å²) in [6.07, 6.45) is 6.76. The van der Waals surface area contributed by atoms with E-state index >= 15 is 0 Å². The van der Waals surface area contributed by atoms with Crippen molar-refractivity contribution in [1.29, 1.82) is 0 Å². The molecule has 0 radical (unpaired) electrons. The van der Waals surface area contributed by atoms with E-state index in [9.17, 15) is 4.79 Å². The second-order valence-electron chi connectivity index (χ2n) is 4.47. The second kappa shape index (κ2) is 5.58. The Morgan fingerprint density at radius 1 is 1.38 bits per heavy atom. The van der Waals surface area contributed by atoms with E-state index in [1.807, 2.05) is 25.4 Å². The predicted octanol–water partition coefficient (Wildman–Crippen LogP) is 1.40. The van der Waals surface area contributed by atoms with Crippen LogP contribution in [0.15, 0.2) is 47.5 Å². The molecule has 3 heterocycles. The lowest BCUT2D eigenvalue weighted by Crippen LogP contribution is -2.22. The highest BCUT2D eigenvalue weighted by atomic mass is 16.5. The number of rotatable bonds is 4. The van der Waals surface area contributed by atoms with Crippen LogP contribution in [0.2, 0.25) is 0 Å². The summed E-state index contributed by atoms with van der Waals surface area (Å²) in [5, 5.41) is 10.4. The van der Waals surface area contributed by atoms with Gasteiger partial charge in [-0.25, -0.2) is 0 Å². The van der Waals surface area contributed by atoms with Gasteiger partial charge in [-0.05, 0) is 11.6 Å². The molecule has 7 nitrogen and oxygen atoms in total. The summed E-state index contributed by atoms with van der Waals surface area (Å²) in [6.45, 7) is 0.345. The molecule has 0 aliphatic carbocycles. The van der Waals surface area contributed by atoms with Crippen LogP contribution in [0.25, 0.3) is 11.3 Å². The maximum atomic E-state index is 11.8. The number of carbonyl (C=O) groups excluding carboxylic acids is 1. The number of aryl methyl sites for hydroxylation is 1. The molecule has 0 aromatic carbocycles. The minimum atomic E-state index is -0.312. The van der Waals surface area contributed by atoms with Crippen LogP contribution >= 0.6 is 0 Å². The number of nitrogens with one attached hydrogen (secondary N) is 1. The average molecular weight is 283 g/mol. The third-order valence-electron chi connectivity index (χ3n) is 2.97. The number of nitrogens with zero attached hydrogens (tertiary/aromatic N) is 4. The van der Waals surface area contributed by atoms with Crippen LogP contribution in [0.1, 0.15) is 16.1 Å². The van der Waals surface area contributed by atoms with Gasteiger partial charge < -0.3 is 9.84 Å². The molecule has 0 atom stereocenters. The molecule has 0 saturated heterocycles. The molecule has 7 heteroatoms. The average Bonchev–Trinajstić information content (AvgIpc) is 3.16. The van der Waals surface area contributed by atoms with Gasteiger partial charge in [-0.3, -0.25) is 14.5 Å².